The molecule has 0 amide bonds. The average Bonchev–Trinajstić information content (AvgIpc) is 3.09. The minimum Gasteiger partial charge on any atom is -0.491 e. The van der Waals surface area contributed by atoms with Crippen LogP contribution in [-0.4, -0.2) is 66.4 Å². The normalized spacial score (nSPS) is 22.3. The molecule has 1 aromatic carbocycles. The molecule has 0 radical (unpaired) electrons. The van der Waals surface area contributed by atoms with Gasteiger partial charge in [-0.3, -0.25) is 9.80 Å². The lowest BCUT2D eigenvalue weighted by Crippen LogP contribution is -2.51. The number of hydrogen-bond donors (Lipinski definition) is 1. The molecule has 5 heteroatoms. The molecular weight excluding hydrogens is 312 g/mol. The van der Waals surface area contributed by atoms with Gasteiger partial charge in [-0.25, -0.2) is 0 Å². The Labute approximate surface area is 144 Å². The lowest BCUT2D eigenvalue weighted by Gasteiger charge is -2.38. The highest BCUT2D eigenvalue weighted by Crippen LogP contribution is 2.24. The van der Waals surface area contributed by atoms with Gasteiger partial charge in [0, 0.05) is 43.8 Å². The first-order valence-electron chi connectivity index (χ1n) is 8.73. The summed E-state index contributed by atoms with van der Waals surface area (Å²) < 4.78 is 5.62. The smallest absolute Gasteiger partial charge is 0.119 e. The summed E-state index contributed by atoms with van der Waals surface area (Å²) in [6.45, 7) is 5.38. The Hall–Kier alpha value is -0.810. The van der Waals surface area contributed by atoms with Crippen LogP contribution in [0.4, 0.5) is 0 Å². The summed E-state index contributed by atoms with van der Waals surface area (Å²) in [6, 6.07) is 8.07. The molecule has 1 aliphatic carbocycles. The van der Waals surface area contributed by atoms with Crippen LogP contribution in [0.1, 0.15) is 25.7 Å². The Bertz CT molecular complexity index is 468. The van der Waals surface area contributed by atoms with Gasteiger partial charge in [0.05, 0.1) is 0 Å². The first kappa shape index (κ1) is 17.0. The number of ether oxygens (including phenoxy) is 1. The molecule has 1 aliphatic heterocycles. The zero-order valence-electron chi connectivity index (χ0n) is 13.7. The monoisotopic (exact) mass is 338 g/mol. The third-order valence-corrected chi connectivity index (χ3v) is 5.22. The molecular formula is C18H27ClN2O2. The van der Waals surface area contributed by atoms with Crippen LogP contribution in [0.2, 0.25) is 5.02 Å². The van der Waals surface area contributed by atoms with E-state index in [-0.39, 0.29) is 0 Å². The molecule has 1 heterocycles. The molecule has 2 aliphatic rings. The van der Waals surface area contributed by atoms with Crippen LogP contribution >= 0.6 is 11.6 Å². The van der Waals surface area contributed by atoms with Gasteiger partial charge in [-0.05, 0) is 37.1 Å². The molecule has 1 N–H and O–H groups in total. The van der Waals surface area contributed by atoms with E-state index >= 15 is 0 Å². The summed E-state index contributed by atoms with van der Waals surface area (Å²) in [5.74, 6) is 0.750. The second kappa shape index (κ2) is 8.34. The first-order valence-corrected chi connectivity index (χ1v) is 9.11. The Morgan fingerprint density at radius 2 is 1.74 bits per heavy atom. The maximum atomic E-state index is 10.2. The Balaban J connectivity index is 1.35. The molecule has 0 spiro atoms. The number of β-amino-alcohol motifs (C(OH)–C–C–N with tert-alkyl or cyclic N) is 1. The molecule has 4 nitrogen and oxygen atoms in total. The fourth-order valence-electron chi connectivity index (χ4n) is 3.65. The molecule has 1 atom stereocenters. The highest BCUT2D eigenvalue weighted by molar-refractivity contribution is 6.30. The Kier molecular flexibility index (Phi) is 6.17. The van der Waals surface area contributed by atoms with Crippen molar-refractivity contribution >= 4 is 11.6 Å². The minimum absolute atomic E-state index is 0.324. The predicted molar refractivity (Wildman–Crippen MR) is 93.2 cm³/mol. The summed E-state index contributed by atoms with van der Waals surface area (Å²) in [6.07, 6.45) is 5.08. The summed E-state index contributed by atoms with van der Waals surface area (Å²) in [5, 5.41) is 10.9. The molecule has 23 heavy (non-hydrogen) atoms. The van der Waals surface area contributed by atoms with Crippen molar-refractivity contribution in [3.05, 3.63) is 29.3 Å². The Morgan fingerprint density at radius 3 is 2.39 bits per heavy atom. The van der Waals surface area contributed by atoms with Gasteiger partial charge in [-0.1, -0.05) is 24.4 Å². The van der Waals surface area contributed by atoms with Crippen LogP contribution in [0.5, 0.6) is 5.75 Å². The number of nitrogens with zero attached hydrogens (tertiary/aromatic N) is 2. The largest absolute Gasteiger partial charge is 0.491 e. The number of aliphatic hydroxyl groups excluding tert-OH is 1. The topological polar surface area (TPSA) is 35.9 Å². The quantitative estimate of drug-likeness (QED) is 0.865. The van der Waals surface area contributed by atoms with Crippen LogP contribution in [0.3, 0.4) is 0 Å². The van der Waals surface area contributed by atoms with E-state index in [4.69, 9.17) is 16.3 Å². The lowest BCUT2D eigenvalue weighted by atomic mass is 10.1. The van der Waals surface area contributed by atoms with E-state index in [1.165, 1.54) is 25.7 Å². The second-order valence-corrected chi connectivity index (χ2v) is 7.13. The summed E-state index contributed by atoms with van der Waals surface area (Å²) in [5.41, 5.74) is 0. The molecule has 1 unspecified atom stereocenters. The van der Waals surface area contributed by atoms with Crippen molar-refractivity contribution in [2.24, 2.45) is 0 Å². The van der Waals surface area contributed by atoms with E-state index in [1.54, 1.807) is 12.1 Å². The van der Waals surface area contributed by atoms with Crippen molar-refractivity contribution in [3.63, 3.8) is 0 Å². The van der Waals surface area contributed by atoms with E-state index < -0.39 is 6.10 Å². The van der Waals surface area contributed by atoms with Crippen LogP contribution in [-0.2, 0) is 0 Å². The molecule has 1 aromatic rings. The predicted octanol–water partition coefficient (Wildman–Crippen LogP) is 2.64. The number of aliphatic hydroxyl groups is 1. The zero-order valence-corrected chi connectivity index (χ0v) is 14.4. The van der Waals surface area contributed by atoms with E-state index in [0.717, 1.165) is 38.0 Å². The van der Waals surface area contributed by atoms with Gasteiger partial charge in [0.1, 0.15) is 18.5 Å². The molecule has 128 valence electrons. The SMILES string of the molecule is OC(COc1ccc(Cl)cc1)CN1CCN(C2CCCC2)CC1. The molecule has 3 rings (SSSR count). The zero-order chi connectivity index (χ0) is 16.1. The maximum absolute atomic E-state index is 10.2. The summed E-state index contributed by atoms with van der Waals surface area (Å²) in [4.78, 5) is 4.99. The van der Waals surface area contributed by atoms with Gasteiger partial charge in [-0.15, -0.1) is 0 Å². The van der Waals surface area contributed by atoms with Crippen LogP contribution in [0.25, 0.3) is 0 Å². The van der Waals surface area contributed by atoms with E-state index in [9.17, 15) is 5.11 Å². The third-order valence-electron chi connectivity index (χ3n) is 4.97. The van der Waals surface area contributed by atoms with Gasteiger partial charge in [0.25, 0.3) is 0 Å². The Morgan fingerprint density at radius 1 is 1.09 bits per heavy atom. The van der Waals surface area contributed by atoms with Crippen molar-refractivity contribution < 1.29 is 9.84 Å². The molecule has 1 saturated heterocycles. The highest BCUT2D eigenvalue weighted by Gasteiger charge is 2.26. The fourth-order valence-corrected chi connectivity index (χ4v) is 3.78. The van der Waals surface area contributed by atoms with Gasteiger partial charge >= 0.3 is 0 Å². The second-order valence-electron chi connectivity index (χ2n) is 6.69. The number of halogens is 1. The standard InChI is InChI=1S/C18H27ClN2O2/c19-15-5-7-18(8-6-15)23-14-17(22)13-20-9-11-21(12-10-20)16-3-1-2-4-16/h5-8,16-17,22H,1-4,9-14H2. The highest BCUT2D eigenvalue weighted by atomic mass is 35.5. The van der Waals surface area contributed by atoms with Crippen LogP contribution < -0.4 is 4.74 Å². The van der Waals surface area contributed by atoms with Crippen molar-refractivity contribution in [1.82, 2.24) is 9.80 Å². The average molecular weight is 339 g/mol. The summed E-state index contributed by atoms with van der Waals surface area (Å²) >= 11 is 5.85. The van der Waals surface area contributed by atoms with Crippen LogP contribution in [0, 0.1) is 0 Å². The number of rotatable bonds is 6. The van der Waals surface area contributed by atoms with Crippen LogP contribution in [0.15, 0.2) is 24.3 Å². The van der Waals surface area contributed by atoms with E-state index in [1.807, 2.05) is 12.1 Å². The van der Waals surface area contributed by atoms with Gasteiger partial charge in [0.2, 0.25) is 0 Å². The van der Waals surface area contributed by atoms with Gasteiger partial charge in [-0.2, -0.15) is 0 Å². The van der Waals surface area contributed by atoms with Crippen molar-refractivity contribution in [2.75, 3.05) is 39.3 Å². The number of benzene rings is 1. The summed E-state index contributed by atoms with van der Waals surface area (Å²) in [7, 11) is 0. The maximum Gasteiger partial charge on any atom is 0.119 e. The van der Waals surface area contributed by atoms with E-state index in [2.05, 4.69) is 9.80 Å². The molecule has 1 saturated carbocycles. The lowest BCUT2D eigenvalue weighted by molar-refractivity contribution is 0.0370. The first-order chi connectivity index (χ1) is 11.2. The van der Waals surface area contributed by atoms with Crippen molar-refractivity contribution in [2.45, 2.75) is 37.8 Å². The van der Waals surface area contributed by atoms with Gasteiger partial charge in [0.15, 0.2) is 0 Å². The van der Waals surface area contributed by atoms with E-state index in [0.29, 0.717) is 18.2 Å². The molecule has 0 aromatic heterocycles. The molecule has 2 fully saturated rings. The number of piperazine rings is 1. The number of hydrogen-bond acceptors (Lipinski definition) is 4. The third kappa shape index (κ3) is 5.08. The molecule has 0 bridgehead atoms. The fraction of sp³-hybridized carbons (Fsp3) is 0.667. The van der Waals surface area contributed by atoms with Crippen molar-refractivity contribution in [3.8, 4) is 5.75 Å². The minimum atomic E-state index is -0.455. The van der Waals surface area contributed by atoms with Gasteiger partial charge < -0.3 is 9.84 Å². The van der Waals surface area contributed by atoms with Crippen molar-refractivity contribution in [1.29, 1.82) is 0 Å².